The molecule has 21 heteroatoms. The number of fused-ring (bicyclic) bond motifs is 1. The van der Waals surface area contributed by atoms with Gasteiger partial charge in [-0.25, -0.2) is 4.79 Å². The number of imidazole rings is 1. The topological polar surface area (TPSA) is 327 Å². The highest BCUT2D eigenvalue weighted by atomic mass is 16.6. The quantitative estimate of drug-likeness (QED) is 0.0533. The van der Waals surface area contributed by atoms with Gasteiger partial charge in [0, 0.05) is 68.2 Å². The molecule has 0 bridgehead atoms. The fourth-order valence-corrected chi connectivity index (χ4v) is 4.54. The summed E-state index contributed by atoms with van der Waals surface area (Å²) in [5.41, 5.74) is 19.8. The van der Waals surface area contributed by atoms with Gasteiger partial charge in [0.05, 0.1) is 51.8 Å². The van der Waals surface area contributed by atoms with E-state index >= 15 is 0 Å². The number of H-pyrrole nitrogens is 1. The lowest BCUT2D eigenvalue weighted by Gasteiger charge is -2.05. The van der Waals surface area contributed by atoms with Crippen LogP contribution < -0.4 is 38.3 Å². The minimum atomic E-state index is -0.536. The van der Waals surface area contributed by atoms with E-state index < -0.39 is 9.85 Å². The van der Waals surface area contributed by atoms with E-state index in [-0.39, 0.29) is 36.0 Å². The highest BCUT2D eigenvalue weighted by Gasteiger charge is 2.27. The summed E-state index contributed by atoms with van der Waals surface area (Å²) in [5.74, 6) is 1.93. The third-order valence-corrected chi connectivity index (χ3v) is 9.29. The van der Waals surface area contributed by atoms with Crippen LogP contribution in [0.1, 0.15) is 106 Å². The van der Waals surface area contributed by atoms with Crippen LogP contribution in [-0.2, 0) is 0 Å². The summed E-state index contributed by atoms with van der Waals surface area (Å²) in [5, 5.41) is 42.4. The second kappa shape index (κ2) is 33.2. The Hall–Kier alpha value is -6.29. The third-order valence-electron chi connectivity index (χ3n) is 9.29. The first-order chi connectivity index (χ1) is 32.0. The predicted octanol–water partition coefficient (Wildman–Crippen LogP) is 7.23. The van der Waals surface area contributed by atoms with Gasteiger partial charge in [-0.2, -0.15) is 0 Å². The van der Waals surface area contributed by atoms with E-state index in [1.807, 2.05) is 23.6 Å². The molecule has 0 atom stereocenters. The summed E-state index contributed by atoms with van der Waals surface area (Å²) >= 11 is 0. The molecule has 0 saturated heterocycles. The predicted molar refractivity (Wildman–Crippen MR) is 266 cm³/mol. The van der Waals surface area contributed by atoms with Crippen LogP contribution in [0, 0.1) is 32.1 Å². The first-order valence-corrected chi connectivity index (χ1v) is 22.7. The molecule has 5 aromatic heterocycles. The number of nitro groups is 2. The Morgan fingerprint density at radius 3 is 1.57 bits per heavy atom. The maximum absolute atomic E-state index is 11.5. The van der Waals surface area contributed by atoms with E-state index in [0.717, 1.165) is 72.7 Å². The molecule has 11 N–H and O–H groups in total. The normalized spacial score (nSPS) is 13.8. The maximum Gasteiger partial charge on any atom is 0.328 e. The second-order valence-electron chi connectivity index (χ2n) is 16.0. The van der Waals surface area contributed by atoms with Gasteiger partial charge in [0.2, 0.25) is 0 Å². The van der Waals surface area contributed by atoms with Crippen LogP contribution in [0.5, 0.6) is 5.75 Å². The van der Waals surface area contributed by atoms with Gasteiger partial charge in [0.15, 0.2) is 5.75 Å². The van der Waals surface area contributed by atoms with Crippen molar-refractivity contribution < 1.29 is 24.8 Å². The van der Waals surface area contributed by atoms with Crippen LogP contribution in [0.2, 0.25) is 0 Å². The van der Waals surface area contributed by atoms with E-state index in [4.69, 9.17) is 32.2 Å². The number of aromatic amines is 1. The van der Waals surface area contributed by atoms with Crippen molar-refractivity contribution in [2.24, 2.45) is 23.3 Å². The molecule has 0 radical (unpaired) electrons. The lowest BCUT2D eigenvalue weighted by molar-refractivity contribution is -0.386. The zero-order valence-corrected chi connectivity index (χ0v) is 40.4. The summed E-state index contributed by atoms with van der Waals surface area (Å²) < 4.78 is 6.56. The molecule has 0 unspecified atom stereocenters. The van der Waals surface area contributed by atoms with E-state index in [1.54, 1.807) is 50.9 Å². The average molecular weight is 938 g/mol. The number of aromatic nitrogens is 6. The number of hydrogen-bond donors (Lipinski definition) is 8. The number of methoxy groups -OCH3 is 1. The zero-order chi connectivity index (χ0) is 50.3. The SMILES string of the molecule is CC(C)C(C)C.CCN.CCO.CCO.COc1ccncc1[N+](=O)[O-].NC1CC1.Nc1cnccc1NC1CC1.O=[N+]([O-])c1cnccc1NC1CC1.O=c1[nH]c2cnccc2n1C1CC1. The zero-order valence-electron chi connectivity index (χ0n) is 40.4. The number of ether oxygens (including phenoxy) is 1. The molecule has 0 aromatic carbocycles. The van der Waals surface area contributed by atoms with E-state index in [1.165, 1.54) is 51.3 Å². The molecule has 21 nitrogen and oxygen atoms in total. The highest BCUT2D eigenvalue weighted by molar-refractivity contribution is 5.74. The van der Waals surface area contributed by atoms with Crippen LogP contribution in [-0.4, -0.2) is 94.5 Å². The number of pyridine rings is 4. The lowest BCUT2D eigenvalue weighted by atomic mass is 10.0. The number of nitrogens with two attached hydrogens (primary N) is 3. The molecule has 5 aromatic rings. The lowest BCUT2D eigenvalue weighted by Crippen LogP contribution is -2.14. The Bertz CT molecular complexity index is 2160. The molecule has 372 valence electrons. The number of nitrogen functional groups attached to an aromatic ring is 1. The number of anilines is 3. The molecule has 67 heavy (non-hydrogen) atoms. The first kappa shape index (κ1) is 58.7. The Morgan fingerprint density at radius 2 is 1.16 bits per heavy atom. The number of rotatable bonds is 9. The van der Waals surface area contributed by atoms with Crippen molar-refractivity contribution in [3.63, 3.8) is 0 Å². The Balaban J connectivity index is 0.000000398. The molecule has 9 rings (SSSR count). The Labute approximate surface area is 393 Å². The monoisotopic (exact) mass is 938 g/mol. The minimum Gasteiger partial charge on any atom is -0.490 e. The second-order valence-corrected chi connectivity index (χ2v) is 16.0. The summed E-state index contributed by atoms with van der Waals surface area (Å²) in [4.78, 5) is 49.3. The molecular formula is C46H75N13O8. The molecule has 5 heterocycles. The fourth-order valence-electron chi connectivity index (χ4n) is 4.54. The van der Waals surface area contributed by atoms with Crippen molar-refractivity contribution in [2.45, 2.75) is 124 Å². The molecule has 4 saturated carbocycles. The maximum atomic E-state index is 11.5. The van der Waals surface area contributed by atoms with Gasteiger partial charge in [-0.05, 0) is 102 Å². The van der Waals surface area contributed by atoms with Crippen LogP contribution >= 0.6 is 0 Å². The van der Waals surface area contributed by atoms with Crippen molar-refractivity contribution in [3.8, 4) is 5.75 Å². The summed E-state index contributed by atoms with van der Waals surface area (Å²) in [6.45, 7) is 15.5. The molecule has 4 aliphatic carbocycles. The highest BCUT2D eigenvalue weighted by Crippen LogP contribution is 2.35. The summed E-state index contributed by atoms with van der Waals surface area (Å²) in [6, 6.07) is 8.94. The molecule has 4 aliphatic rings. The number of nitrogens with one attached hydrogen (secondary N) is 3. The molecular weight excluding hydrogens is 863 g/mol. The molecule has 0 spiro atoms. The summed E-state index contributed by atoms with van der Waals surface area (Å²) in [7, 11) is 1.38. The number of hydrogen-bond acceptors (Lipinski definition) is 17. The molecule has 0 aliphatic heterocycles. The van der Waals surface area contributed by atoms with E-state index in [2.05, 4.69) is 63.2 Å². The fraction of sp³-hybridized carbons (Fsp3) is 0.543. The van der Waals surface area contributed by atoms with Crippen LogP contribution in [0.15, 0.2) is 78.6 Å². The van der Waals surface area contributed by atoms with Gasteiger partial charge in [-0.15, -0.1) is 0 Å². The minimum absolute atomic E-state index is 0.00880. The van der Waals surface area contributed by atoms with E-state index in [0.29, 0.717) is 29.9 Å². The Kier molecular flexibility index (Phi) is 29.1. The number of aliphatic hydroxyl groups excluding tert-OH is 2. The van der Waals surface area contributed by atoms with Gasteiger partial charge in [-0.3, -0.25) is 44.7 Å². The van der Waals surface area contributed by atoms with Gasteiger partial charge >= 0.3 is 17.1 Å². The van der Waals surface area contributed by atoms with Crippen LogP contribution in [0.4, 0.5) is 28.4 Å². The average Bonchev–Trinajstić information content (AvgIpc) is 4.06. The Morgan fingerprint density at radius 1 is 0.746 bits per heavy atom. The van der Waals surface area contributed by atoms with Crippen molar-refractivity contribution in [2.75, 3.05) is 43.2 Å². The van der Waals surface area contributed by atoms with Crippen molar-refractivity contribution in [1.29, 1.82) is 0 Å². The number of aliphatic hydroxyl groups is 2. The van der Waals surface area contributed by atoms with Crippen molar-refractivity contribution in [3.05, 3.63) is 105 Å². The van der Waals surface area contributed by atoms with Crippen molar-refractivity contribution in [1.82, 2.24) is 29.5 Å². The molecule has 4 fully saturated rings. The first-order valence-electron chi connectivity index (χ1n) is 22.7. The standard InChI is InChI=1S/C9H9N3O.C8H9N3O2.C8H11N3.C6H6N2O3.C6H14.C3H7N.C2H7N.2C2H6O/c13-9-11-7-5-10-4-3-8(7)12(9)6-1-2-6;12-11(13)8-5-9-4-3-7(8)10-6-1-2-6;9-7-5-10-4-3-8(7)11-6-1-2-6;1-11-6-2-3-7-4-5(6)8(9)10;1-5(2)6(3)4;4-3-1-2-3;3*1-2-3/h3-6H,1-2H2,(H,11,13);3-6H,1-2H2,(H,9,10);3-6H,1-2,9H2,(H,10,11);2-4H,1H3;5-6H,1-4H3;3H,1-2,4H2;2-3H2,1H3;2*3H,2H2,1H3. The van der Waals surface area contributed by atoms with Crippen LogP contribution in [0.25, 0.3) is 11.0 Å². The van der Waals surface area contributed by atoms with Gasteiger partial charge in [0.25, 0.3) is 0 Å². The summed E-state index contributed by atoms with van der Waals surface area (Å²) in [6.07, 6.45) is 21.7. The van der Waals surface area contributed by atoms with Gasteiger partial charge < -0.3 is 47.8 Å². The van der Waals surface area contributed by atoms with Crippen molar-refractivity contribution >= 4 is 39.5 Å². The largest absolute Gasteiger partial charge is 0.490 e. The van der Waals surface area contributed by atoms with Gasteiger partial charge in [-0.1, -0.05) is 34.6 Å². The smallest absolute Gasteiger partial charge is 0.328 e. The van der Waals surface area contributed by atoms with Crippen LogP contribution in [0.3, 0.4) is 0 Å². The number of nitrogens with zero attached hydrogens (tertiary/aromatic N) is 7. The van der Waals surface area contributed by atoms with Gasteiger partial charge in [0.1, 0.15) is 18.1 Å². The molecule has 0 amide bonds. The van der Waals surface area contributed by atoms with E-state index in [9.17, 15) is 25.0 Å². The third kappa shape index (κ3) is 25.8.